The fraction of sp³-hybridized carbons (Fsp3) is 0. The summed E-state index contributed by atoms with van der Waals surface area (Å²) >= 11 is 10.9. The zero-order chi connectivity index (χ0) is 10.1. The van der Waals surface area contributed by atoms with Gasteiger partial charge in [0.1, 0.15) is 16.1 Å². The van der Waals surface area contributed by atoms with Gasteiger partial charge in [0.2, 0.25) is 0 Å². The Kier molecular flexibility index (Phi) is 2.97. The van der Waals surface area contributed by atoms with E-state index in [1.807, 2.05) is 0 Å². The minimum absolute atomic E-state index is 0.0196. The maximum atomic E-state index is 10.5. The third-order valence-corrected chi connectivity index (χ3v) is 1.76. The van der Waals surface area contributed by atoms with Crippen LogP contribution in [-0.4, -0.2) is 13.4 Å². The Morgan fingerprint density at radius 1 is 1.31 bits per heavy atom. The molecule has 5 nitrogen and oxygen atoms in total. The van der Waals surface area contributed by atoms with Gasteiger partial charge in [-0.15, -0.1) is 0 Å². The summed E-state index contributed by atoms with van der Waals surface area (Å²) < 4.78 is 25.2. The normalized spacial score (nSPS) is 11.3. The summed E-state index contributed by atoms with van der Waals surface area (Å²) in [5, 5.41) is 4.65. The van der Waals surface area contributed by atoms with Crippen LogP contribution in [0.25, 0.3) is 0 Å². The highest BCUT2D eigenvalue weighted by Crippen LogP contribution is 2.21. The molecule has 0 fully saturated rings. The second-order valence-electron chi connectivity index (χ2n) is 2.02. The molecule has 0 spiro atoms. The summed E-state index contributed by atoms with van der Waals surface area (Å²) in [6.45, 7) is 0. The number of halogens is 2. The van der Waals surface area contributed by atoms with E-state index in [2.05, 4.69) is 14.3 Å². The molecule has 0 unspecified atom stereocenters. The average molecular weight is 243 g/mol. The van der Waals surface area contributed by atoms with Crippen molar-refractivity contribution in [3.63, 3.8) is 0 Å². The van der Waals surface area contributed by atoms with Crippen LogP contribution in [0, 0.1) is 0 Å². The van der Waals surface area contributed by atoms with E-state index in [-0.39, 0.29) is 16.1 Å². The van der Waals surface area contributed by atoms with Crippen molar-refractivity contribution in [1.82, 2.24) is 4.98 Å². The fourth-order valence-electron chi connectivity index (χ4n) is 0.625. The van der Waals surface area contributed by atoms with Crippen molar-refractivity contribution in [2.24, 2.45) is 5.14 Å². The first-order valence-electron chi connectivity index (χ1n) is 2.92. The quantitative estimate of drug-likeness (QED) is 0.784. The number of hydrogen-bond acceptors (Lipinski definition) is 4. The Hall–Kier alpha value is -0.560. The molecule has 0 radical (unpaired) electrons. The van der Waals surface area contributed by atoms with E-state index >= 15 is 0 Å². The van der Waals surface area contributed by atoms with Crippen LogP contribution >= 0.6 is 23.2 Å². The lowest BCUT2D eigenvalue weighted by Crippen LogP contribution is -2.18. The van der Waals surface area contributed by atoms with Gasteiger partial charge in [-0.2, -0.15) is 13.6 Å². The molecule has 0 amide bonds. The van der Waals surface area contributed by atoms with Crippen molar-refractivity contribution in [1.29, 1.82) is 0 Å². The molecule has 0 bridgehead atoms. The van der Waals surface area contributed by atoms with Crippen molar-refractivity contribution in [3.8, 4) is 5.75 Å². The monoisotopic (exact) mass is 242 g/mol. The molecule has 0 aliphatic carbocycles. The van der Waals surface area contributed by atoms with Gasteiger partial charge in [-0.3, -0.25) is 0 Å². The van der Waals surface area contributed by atoms with Crippen molar-refractivity contribution in [3.05, 3.63) is 22.4 Å². The Bertz CT molecular complexity index is 400. The fourth-order valence-corrected chi connectivity index (χ4v) is 1.43. The van der Waals surface area contributed by atoms with Crippen LogP contribution < -0.4 is 9.32 Å². The van der Waals surface area contributed by atoms with Crippen molar-refractivity contribution >= 4 is 33.5 Å². The molecule has 0 aromatic carbocycles. The third kappa shape index (κ3) is 3.77. The molecule has 72 valence electrons. The van der Waals surface area contributed by atoms with Crippen LogP contribution in [0.15, 0.2) is 12.1 Å². The highest BCUT2D eigenvalue weighted by molar-refractivity contribution is 7.84. The van der Waals surface area contributed by atoms with Crippen LogP contribution in [0.5, 0.6) is 5.75 Å². The van der Waals surface area contributed by atoms with Gasteiger partial charge < -0.3 is 4.18 Å². The van der Waals surface area contributed by atoms with E-state index in [1.54, 1.807) is 0 Å². The number of aromatic nitrogens is 1. The molecule has 1 aromatic rings. The zero-order valence-electron chi connectivity index (χ0n) is 6.07. The van der Waals surface area contributed by atoms with E-state index in [1.165, 1.54) is 12.1 Å². The Morgan fingerprint density at radius 3 is 2.15 bits per heavy atom. The van der Waals surface area contributed by atoms with Crippen LogP contribution in [0.2, 0.25) is 10.3 Å². The molecule has 13 heavy (non-hydrogen) atoms. The van der Waals surface area contributed by atoms with Gasteiger partial charge in [0, 0.05) is 12.1 Å². The molecule has 1 heterocycles. The lowest BCUT2D eigenvalue weighted by molar-refractivity contribution is 0.487. The molecule has 1 rings (SSSR count). The van der Waals surface area contributed by atoms with Gasteiger partial charge in [-0.1, -0.05) is 23.2 Å². The van der Waals surface area contributed by atoms with Gasteiger partial charge in [-0.05, 0) is 0 Å². The minimum atomic E-state index is -4.06. The topological polar surface area (TPSA) is 82.3 Å². The molecule has 0 atom stereocenters. The number of nitrogens with zero attached hydrogens (tertiary/aromatic N) is 1. The summed E-state index contributed by atoms with van der Waals surface area (Å²) in [7, 11) is -4.06. The molecule has 0 saturated carbocycles. The van der Waals surface area contributed by atoms with Crippen molar-refractivity contribution in [2.75, 3.05) is 0 Å². The minimum Gasteiger partial charge on any atom is -0.371 e. The second kappa shape index (κ2) is 3.67. The summed E-state index contributed by atoms with van der Waals surface area (Å²) in [6, 6.07) is 2.36. The second-order valence-corrected chi connectivity index (χ2v) is 3.95. The van der Waals surface area contributed by atoms with Crippen LogP contribution in [0.3, 0.4) is 0 Å². The van der Waals surface area contributed by atoms with Gasteiger partial charge in [0.15, 0.2) is 0 Å². The highest BCUT2D eigenvalue weighted by atomic mass is 35.5. The Morgan fingerprint density at radius 2 is 1.77 bits per heavy atom. The third-order valence-electron chi connectivity index (χ3n) is 0.949. The Balaban J connectivity index is 3.03. The number of nitrogens with two attached hydrogens (primary N) is 1. The maximum Gasteiger partial charge on any atom is 0.380 e. The van der Waals surface area contributed by atoms with E-state index in [9.17, 15) is 8.42 Å². The number of rotatable bonds is 2. The molecular weight excluding hydrogens is 239 g/mol. The first kappa shape index (κ1) is 10.5. The maximum absolute atomic E-state index is 10.5. The Labute approximate surface area is 84.7 Å². The lowest BCUT2D eigenvalue weighted by atomic mass is 10.5. The van der Waals surface area contributed by atoms with Crippen molar-refractivity contribution in [2.45, 2.75) is 0 Å². The largest absolute Gasteiger partial charge is 0.380 e. The van der Waals surface area contributed by atoms with Crippen LogP contribution in [-0.2, 0) is 10.3 Å². The molecule has 1 aromatic heterocycles. The molecule has 2 N–H and O–H groups in total. The average Bonchev–Trinajstić information content (AvgIpc) is 1.78. The molecule has 8 heteroatoms. The molecule has 0 aliphatic heterocycles. The smallest absolute Gasteiger partial charge is 0.371 e. The van der Waals surface area contributed by atoms with Crippen LogP contribution in [0.4, 0.5) is 0 Å². The number of pyridine rings is 1. The summed E-state index contributed by atoms with van der Waals surface area (Å²) in [4.78, 5) is 3.58. The van der Waals surface area contributed by atoms with Crippen molar-refractivity contribution < 1.29 is 12.6 Å². The van der Waals surface area contributed by atoms with Gasteiger partial charge in [-0.25, -0.2) is 4.98 Å². The predicted octanol–water partition coefficient (Wildman–Crippen LogP) is 0.971. The zero-order valence-corrected chi connectivity index (χ0v) is 8.40. The summed E-state index contributed by atoms with van der Waals surface area (Å²) in [6.07, 6.45) is 0. The lowest BCUT2D eigenvalue weighted by Gasteiger charge is -2.02. The van der Waals surface area contributed by atoms with E-state index in [4.69, 9.17) is 23.2 Å². The van der Waals surface area contributed by atoms with Gasteiger partial charge >= 0.3 is 10.3 Å². The van der Waals surface area contributed by atoms with Crippen LogP contribution in [0.1, 0.15) is 0 Å². The van der Waals surface area contributed by atoms with E-state index in [0.29, 0.717) is 0 Å². The van der Waals surface area contributed by atoms with E-state index in [0.717, 1.165) is 0 Å². The molecular formula is C5H4Cl2N2O3S. The SMILES string of the molecule is NS(=O)(=O)Oc1cc(Cl)nc(Cl)c1. The van der Waals surface area contributed by atoms with E-state index < -0.39 is 10.3 Å². The predicted molar refractivity (Wildman–Crippen MR) is 48.0 cm³/mol. The summed E-state index contributed by atoms with van der Waals surface area (Å²) in [5.74, 6) is -0.0764. The van der Waals surface area contributed by atoms with Gasteiger partial charge in [0.25, 0.3) is 0 Å². The first-order chi connectivity index (χ1) is 5.87. The first-order valence-corrected chi connectivity index (χ1v) is 5.15. The molecule has 0 saturated heterocycles. The highest BCUT2D eigenvalue weighted by Gasteiger charge is 2.07. The molecule has 0 aliphatic rings. The summed E-state index contributed by atoms with van der Waals surface area (Å²) in [5.41, 5.74) is 0. The standard InChI is InChI=1S/C5H4Cl2N2O3S/c6-4-1-3(2-5(7)9-4)12-13(8,10)11/h1-2H,(H2,8,10,11). The number of hydrogen-bond donors (Lipinski definition) is 1. The van der Waals surface area contributed by atoms with Gasteiger partial charge in [0.05, 0.1) is 0 Å².